The molecular formula is C25H23BrN2O8S. The molecule has 1 fully saturated rings. The summed E-state index contributed by atoms with van der Waals surface area (Å²) in [5.74, 6) is -1.92. The van der Waals surface area contributed by atoms with Gasteiger partial charge < -0.3 is 18.9 Å². The van der Waals surface area contributed by atoms with E-state index in [2.05, 4.69) is 15.9 Å². The van der Waals surface area contributed by atoms with Gasteiger partial charge in [-0.15, -0.1) is 0 Å². The number of aromatic nitrogens is 2. The summed E-state index contributed by atoms with van der Waals surface area (Å²) in [6, 6.07) is 14.1. The molecule has 37 heavy (non-hydrogen) atoms. The molecule has 4 atom stereocenters. The molecule has 0 spiro atoms. The minimum Gasteiger partial charge on any atom is -0.456 e. The molecule has 0 radical (unpaired) electrons. The molecule has 12 heteroatoms. The number of fused-ring (bicyclic) bond motifs is 1. The lowest BCUT2D eigenvalue weighted by Gasteiger charge is -2.40. The van der Waals surface area contributed by atoms with E-state index in [1.165, 1.54) is 25.3 Å². The third-order valence-corrected chi connectivity index (χ3v) is 6.95. The van der Waals surface area contributed by atoms with Gasteiger partial charge >= 0.3 is 17.9 Å². The van der Waals surface area contributed by atoms with Crippen molar-refractivity contribution in [2.45, 2.75) is 49.7 Å². The fourth-order valence-corrected chi connectivity index (χ4v) is 5.44. The van der Waals surface area contributed by atoms with E-state index < -0.39 is 41.7 Å². The maximum atomic E-state index is 13.6. The molecule has 1 aliphatic rings. The number of hydrogen-bond donors (Lipinski definition) is 0. The van der Waals surface area contributed by atoms with E-state index in [1.54, 1.807) is 42.5 Å². The molecule has 3 aromatic rings. The summed E-state index contributed by atoms with van der Waals surface area (Å²) < 4.78 is 24.3. The third kappa shape index (κ3) is 6.20. The first-order valence-electron chi connectivity index (χ1n) is 11.2. The highest BCUT2D eigenvalue weighted by Gasteiger charge is 2.47. The van der Waals surface area contributed by atoms with E-state index in [9.17, 15) is 19.2 Å². The Hall–Kier alpha value is -3.22. The van der Waals surface area contributed by atoms with Crippen LogP contribution in [0, 0.1) is 0 Å². The molecule has 4 rings (SSSR count). The van der Waals surface area contributed by atoms with Gasteiger partial charge in [0.1, 0.15) is 0 Å². The van der Waals surface area contributed by atoms with Crippen LogP contribution in [-0.4, -0.2) is 57.8 Å². The maximum absolute atomic E-state index is 13.6. The Morgan fingerprint density at radius 3 is 2.27 bits per heavy atom. The van der Waals surface area contributed by atoms with Crippen LogP contribution in [0.2, 0.25) is 0 Å². The second kappa shape index (κ2) is 11.4. The van der Waals surface area contributed by atoms with E-state index in [-0.39, 0.29) is 17.3 Å². The topological polar surface area (TPSA) is 123 Å². The molecule has 0 bridgehead atoms. The Morgan fingerprint density at radius 2 is 1.62 bits per heavy atom. The number of para-hydroxylation sites is 1. The standard InChI is InChI=1S/C25H23BrN2O8S/c1-13(29)34-20-12-33-24(22(36-15(3)31)21(20)35-14(2)30)37-25-27-19-10-9-16(26)11-18(19)23(32)28(25)17-7-5-4-6-8-17/h4-11,20-22,24H,12H2,1-3H3/t20-,21-,22+,24-/m0/s1. The van der Waals surface area contributed by atoms with Gasteiger partial charge in [0, 0.05) is 25.2 Å². The number of nitrogens with zero attached hydrogens (tertiary/aromatic N) is 2. The number of thioether (sulfide) groups is 1. The van der Waals surface area contributed by atoms with Gasteiger partial charge in [0.25, 0.3) is 5.56 Å². The zero-order chi connectivity index (χ0) is 26.7. The number of carbonyl (C=O) groups excluding carboxylic acids is 3. The first-order chi connectivity index (χ1) is 17.6. The average molecular weight is 591 g/mol. The molecule has 194 valence electrons. The van der Waals surface area contributed by atoms with Crippen LogP contribution in [0.4, 0.5) is 0 Å². The van der Waals surface area contributed by atoms with E-state index >= 15 is 0 Å². The van der Waals surface area contributed by atoms with Crippen molar-refractivity contribution in [1.29, 1.82) is 0 Å². The van der Waals surface area contributed by atoms with Gasteiger partial charge in [-0.1, -0.05) is 45.9 Å². The third-order valence-electron chi connectivity index (χ3n) is 5.34. The van der Waals surface area contributed by atoms with Crippen molar-refractivity contribution in [3.8, 4) is 5.69 Å². The van der Waals surface area contributed by atoms with Crippen molar-refractivity contribution in [3.63, 3.8) is 0 Å². The van der Waals surface area contributed by atoms with Gasteiger partial charge in [0.15, 0.2) is 28.9 Å². The predicted octanol–water partition coefficient (Wildman–Crippen LogP) is 3.39. The molecular weight excluding hydrogens is 568 g/mol. The Labute approximate surface area is 224 Å². The molecule has 0 amide bonds. The fraction of sp³-hybridized carbons (Fsp3) is 0.320. The first kappa shape index (κ1) is 26.8. The number of halogens is 1. The Kier molecular flexibility index (Phi) is 8.30. The van der Waals surface area contributed by atoms with Crippen LogP contribution in [0.1, 0.15) is 20.8 Å². The van der Waals surface area contributed by atoms with Crippen LogP contribution >= 0.6 is 27.7 Å². The van der Waals surface area contributed by atoms with Crippen LogP contribution in [-0.2, 0) is 33.3 Å². The highest BCUT2D eigenvalue weighted by Crippen LogP contribution is 2.35. The van der Waals surface area contributed by atoms with Crippen molar-refractivity contribution in [3.05, 3.63) is 63.4 Å². The van der Waals surface area contributed by atoms with Crippen LogP contribution in [0.15, 0.2) is 63.0 Å². The second-order valence-corrected chi connectivity index (χ2v) is 10.1. The molecule has 1 aliphatic heterocycles. The zero-order valence-electron chi connectivity index (χ0n) is 20.1. The van der Waals surface area contributed by atoms with Crippen molar-refractivity contribution in [2.75, 3.05) is 6.61 Å². The van der Waals surface area contributed by atoms with Gasteiger partial charge in [-0.05, 0) is 30.3 Å². The van der Waals surface area contributed by atoms with Gasteiger partial charge in [0.05, 0.1) is 23.2 Å². The summed E-state index contributed by atoms with van der Waals surface area (Å²) in [7, 11) is 0. The summed E-state index contributed by atoms with van der Waals surface area (Å²) >= 11 is 4.43. The molecule has 0 saturated carbocycles. The maximum Gasteiger partial charge on any atom is 0.303 e. The fourth-order valence-electron chi connectivity index (χ4n) is 3.94. The smallest absolute Gasteiger partial charge is 0.303 e. The molecule has 0 unspecified atom stereocenters. The highest BCUT2D eigenvalue weighted by atomic mass is 79.9. The molecule has 2 heterocycles. The minimum atomic E-state index is -1.16. The number of ether oxygens (including phenoxy) is 4. The normalized spacial score (nSPS) is 21.3. The molecule has 10 nitrogen and oxygen atoms in total. The number of carbonyl (C=O) groups is 3. The molecule has 2 aromatic carbocycles. The lowest BCUT2D eigenvalue weighted by Crippen LogP contribution is -2.56. The van der Waals surface area contributed by atoms with Crippen molar-refractivity contribution < 1.29 is 33.3 Å². The van der Waals surface area contributed by atoms with E-state index in [0.29, 0.717) is 16.6 Å². The van der Waals surface area contributed by atoms with Gasteiger partial charge in [-0.2, -0.15) is 0 Å². The molecule has 0 N–H and O–H groups in total. The summed E-state index contributed by atoms with van der Waals surface area (Å²) in [4.78, 5) is 53.9. The van der Waals surface area contributed by atoms with Crippen LogP contribution in [0.5, 0.6) is 0 Å². The van der Waals surface area contributed by atoms with Crippen molar-refractivity contribution in [2.24, 2.45) is 0 Å². The molecule has 1 saturated heterocycles. The average Bonchev–Trinajstić information content (AvgIpc) is 2.83. The number of benzene rings is 2. The van der Waals surface area contributed by atoms with E-state index in [0.717, 1.165) is 16.2 Å². The van der Waals surface area contributed by atoms with Gasteiger partial charge in [-0.3, -0.25) is 23.7 Å². The number of rotatable bonds is 6. The van der Waals surface area contributed by atoms with Crippen molar-refractivity contribution >= 4 is 56.5 Å². The van der Waals surface area contributed by atoms with Crippen LogP contribution in [0.25, 0.3) is 16.6 Å². The first-order valence-corrected chi connectivity index (χ1v) is 12.9. The monoisotopic (exact) mass is 590 g/mol. The number of hydrogen-bond acceptors (Lipinski definition) is 10. The van der Waals surface area contributed by atoms with Crippen LogP contribution < -0.4 is 5.56 Å². The molecule has 0 aliphatic carbocycles. The Morgan fingerprint density at radius 1 is 0.973 bits per heavy atom. The summed E-state index contributed by atoms with van der Waals surface area (Å²) in [6.45, 7) is 3.48. The summed E-state index contributed by atoms with van der Waals surface area (Å²) in [5, 5.41) is 0.664. The number of esters is 3. The van der Waals surface area contributed by atoms with Crippen LogP contribution in [0.3, 0.4) is 0 Å². The lowest BCUT2D eigenvalue weighted by atomic mass is 10.1. The van der Waals surface area contributed by atoms with E-state index in [1.807, 2.05) is 6.07 Å². The van der Waals surface area contributed by atoms with Gasteiger partial charge in [0.2, 0.25) is 0 Å². The predicted molar refractivity (Wildman–Crippen MR) is 137 cm³/mol. The largest absolute Gasteiger partial charge is 0.456 e. The lowest BCUT2D eigenvalue weighted by molar-refractivity contribution is -0.213. The summed E-state index contributed by atoms with van der Waals surface area (Å²) in [5.41, 5.74) is -0.236. The minimum absolute atomic E-state index is 0.136. The Bertz CT molecular complexity index is 1400. The quantitative estimate of drug-likeness (QED) is 0.240. The second-order valence-electron chi connectivity index (χ2n) is 8.15. The van der Waals surface area contributed by atoms with Crippen molar-refractivity contribution in [1.82, 2.24) is 9.55 Å². The molecule has 1 aromatic heterocycles. The highest BCUT2D eigenvalue weighted by molar-refractivity contribution is 9.10. The zero-order valence-corrected chi connectivity index (χ0v) is 22.5. The SMILES string of the molecule is CC(=O)O[C@@H]1[C@@H](OC(C)=O)[C@H](Sc2nc3ccc(Br)cc3c(=O)n2-c2ccccc2)OC[C@@H]1OC(C)=O. The van der Waals surface area contributed by atoms with Gasteiger partial charge in [-0.25, -0.2) is 4.98 Å². The van der Waals surface area contributed by atoms with E-state index in [4.69, 9.17) is 23.9 Å². The Balaban J connectivity index is 1.81. The summed E-state index contributed by atoms with van der Waals surface area (Å²) in [6.07, 6.45) is -3.29.